The van der Waals surface area contributed by atoms with E-state index in [1.54, 1.807) is 13.8 Å². The summed E-state index contributed by atoms with van der Waals surface area (Å²) in [7, 11) is 0. The highest BCUT2D eigenvalue weighted by atomic mass is 32.1. The largest absolute Gasteiger partial charge is 0.481 e. The van der Waals surface area contributed by atoms with Gasteiger partial charge in [-0.15, -0.1) is 11.3 Å². The number of thiophene rings is 1. The van der Waals surface area contributed by atoms with Crippen LogP contribution in [0.3, 0.4) is 0 Å². The van der Waals surface area contributed by atoms with Crippen molar-refractivity contribution in [3.8, 4) is 0 Å². The molecule has 11 heteroatoms. The van der Waals surface area contributed by atoms with Gasteiger partial charge < -0.3 is 10.4 Å². The van der Waals surface area contributed by atoms with Crippen LogP contribution in [0.2, 0.25) is 0 Å². The van der Waals surface area contributed by atoms with Crippen molar-refractivity contribution in [3.05, 3.63) is 51.7 Å². The molecule has 0 radical (unpaired) electrons. The molecular formula is C25H29N5O5S. The molecular weight excluding hydrogens is 482 g/mol. The topological polar surface area (TPSA) is 141 Å². The molecule has 1 aliphatic rings. The molecule has 0 fully saturated rings. The number of nitrogens with one attached hydrogen (secondary N) is 2. The summed E-state index contributed by atoms with van der Waals surface area (Å²) in [5.41, 5.74) is 5.16. The van der Waals surface area contributed by atoms with Gasteiger partial charge in [-0.25, -0.2) is 5.43 Å². The number of hydrogen-bond acceptors (Lipinski definition) is 7. The molecule has 36 heavy (non-hydrogen) atoms. The Morgan fingerprint density at radius 2 is 1.69 bits per heavy atom. The van der Waals surface area contributed by atoms with E-state index >= 15 is 0 Å². The third-order valence-corrected chi connectivity index (χ3v) is 6.62. The van der Waals surface area contributed by atoms with Crippen LogP contribution in [0.15, 0.2) is 46.6 Å². The van der Waals surface area contributed by atoms with Gasteiger partial charge in [0.25, 0.3) is 17.7 Å². The van der Waals surface area contributed by atoms with Gasteiger partial charge in [0.15, 0.2) is 0 Å². The van der Waals surface area contributed by atoms with Crippen LogP contribution < -0.4 is 15.8 Å². The number of hydrazone groups is 2. The number of carboxylic acids is 1. The normalized spacial score (nSPS) is 16.1. The quantitative estimate of drug-likeness (QED) is 0.368. The van der Waals surface area contributed by atoms with Gasteiger partial charge >= 0.3 is 5.97 Å². The van der Waals surface area contributed by atoms with Crippen LogP contribution in [0.25, 0.3) is 0 Å². The SMILES string of the molecule is CC1=NN(c2ccc(C(C)(C)C)cc2)C(=O)C1/C(C)=N/NC(=O)c1ccc(C(=O)NCCC(=O)O)s1. The van der Waals surface area contributed by atoms with Crippen LogP contribution in [0.4, 0.5) is 5.69 Å². The second kappa shape index (κ2) is 10.8. The highest BCUT2D eigenvalue weighted by Gasteiger charge is 2.36. The molecule has 1 aromatic heterocycles. The molecule has 0 spiro atoms. The van der Waals surface area contributed by atoms with E-state index in [1.165, 1.54) is 17.1 Å². The summed E-state index contributed by atoms with van der Waals surface area (Å²) in [4.78, 5) is 48.8. The molecule has 1 aromatic carbocycles. The Morgan fingerprint density at radius 1 is 1.08 bits per heavy atom. The Balaban J connectivity index is 1.63. The molecule has 0 bridgehead atoms. The van der Waals surface area contributed by atoms with Crippen LogP contribution in [0.5, 0.6) is 0 Å². The highest BCUT2D eigenvalue weighted by Crippen LogP contribution is 2.28. The summed E-state index contributed by atoms with van der Waals surface area (Å²) in [5.74, 6) is -2.97. The number of anilines is 1. The molecule has 0 saturated heterocycles. The predicted molar refractivity (Wildman–Crippen MR) is 139 cm³/mol. The van der Waals surface area contributed by atoms with E-state index in [0.29, 0.717) is 17.1 Å². The fraction of sp³-hybridized carbons (Fsp3) is 0.360. The molecule has 0 saturated carbocycles. The van der Waals surface area contributed by atoms with Crippen molar-refractivity contribution in [2.75, 3.05) is 11.6 Å². The number of nitrogens with zero attached hydrogens (tertiary/aromatic N) is 3. The number of hydrogen-bond donors (Lipinski definition) is 3. The van der Waals surface area contributed by atoms with Gasteiger partial charge in [-0.2, -0.15) is 15.2 Å². The lowest BCUT2D eigenvalue weighted by atomic mass is 9.87. The molecule has 10 nitrogen and oxygen atoms in total. The Kier molecular flexibility index (Phi) is 8.03. The fourth-order valence-corrected chi connectivity index (χ4v) is 4.36. The van der Waals surface area contributed by atoms with E-state index in [9.17, 15) is 19.2 Å². The monoisotopic (exact) mass is 511 g/mol. The van der Waals surface area contributed by atoms with E-state index < -0.39 is 23.7 Å². The molecule has 2 heterocycles. The van der Waals surface area contributed by atoms with Gasteiger partial charge in [-0.3, -0.25) is 19.2 Å². The summed E-state index contributed by atoms with van der Waals surface area (Å²) >= 11 is 0.954. The Bertz CT molecular complexity index is 1240. The standard InChI is InChI=1S/C25H29N5O5S/c1-14(27-28-23(34)19-11-10-18(36-19)22(33)26-13-12-20(31)32)21-15(2)29-30(24(21)35)17-8-6-16(7-9-17)25(3,4)5/h6-11,21H,12-13H2,1-5H3,(H,26,33)(H,28,34)(H,31,32)/b27-14+. The van der Waals surface area contributed by atoms with Crippen molar-refractivity contribution in [2.45, 2.75) is 46.5 Å². The predicted octanol–water partition coefficient (Wildman–Crippen LogP) is 3.39. The van der Waals surface area contributed by atoms with Gasteiger partial charge in [-0.1, -0.05) is 32.9 Å². The lowest BCUT2D eigenvalue weighted by molar-refractivity contribution is -0.136. The lowest BCUT2D eigenvalue weighted by Gasteiger charge is -2.20. The first kappa shape index (κ1) is 26.7. The number of benzene rings is 1. The first-order chi connectivity index (χ1) is 16.9. The van der Waals surface area contributed by atoms with Gasteiger partial charge in [0, 0.05) is 6.54 Å². The van der Waals surface area contributed by atoms with Crippen molar-refractivity contribution in [3.63, 3.8) is 0 Å². The maximum absolute atomic E-state index is 13.1. The number of aliphatic carboxylic acids is 1. The van der Waals surface area contributed by atoms with Crippen LogP contribution >= 0.6 is 11.3 Å². The number of rotatable bonds is 8. The lowest BCUT2D eigenvalue weighted by Crippen LogP contribution is -2.33. The van der Waals surface area contributed by atoms with Gasteiger partial charge in [0.2, 0.25) is 0 Å². The summed E-state index contributed by atoms with van der Waals surface area (Å²) in [6, 6.07) is 10.6. The number of carboxylic acid groups (broad SMARTS) is 1. The van der Waals surface area contributed by atoms with E-state index in [-0.39, 0.29) is 34.0 Å². The smallest absolute Gasteiger partial charge is 0.305 e. The molecule has 1 unspecified atom stereocenters. The fourth-order valence-electron chi connectivity index (χ4n) is 3.54. The maximum atomic E-state index is 13.1. The van der Waals surface area contributed by atoms with Gasteiger partial charge in [0.05, 0.1) is 33.3 Å². The minimum atomic E-state index is -1.02. The van der Waals surface area contributed by atoms with Crippen LogP contribution in [0, 0.1) is 5.92 Å². The molecule has 2 aromatic rings. The summed E-state index contributed by atoms with van der Waals surface area (Å²) in [6.45, 7) is 9.72. The Hall–Kier alpha value is -3.86. The molecule has 1 aliphatic heterocycles. The zero-order chi connectivity index (χ0) is 26.6. The minimum absolute atomic E-state index is 0.00877. The van der Waals surface area contributed by atoms with Crippen LogP contribution in [-0.2, 0) is 15.0 Å². The second-order valence-corrected chi connectivity index (χ2v) is 10.5. The van der Waals surface area contributed by atoms with Gasteiger partial charge in [-0.05, 0) is 49.1 Å². The number of carbonyl (C=O) groups excluding carboxylic acids is 3. The van der Waals surface area contributed by atoms with E-state index in [2.05, 4.69) is 41.7 Å². The summed E-state index contributed by atoms with van der Waals surface area (Å²) in [5, 5.41) is 21.0. The Labute approximate surface area is 213 Å². The third kappa shape index (κ3) is 6.22. The molecule has 3 rings (SSSR count). The molecule has 1 atom stereocenters. The van der Waals surface area contributed by atoms with Crippen molar-refractivity contribution >= 4 is 52.1 Å². The number of carbonyl (C=O) groups is 4. The maximum Gasteiger partial charge on any atom is 0.305 e. The average molecular weight is 512 g/mol. The van der Waals surface area contributed by atoms with E-state index in [4.69, 9.17) is 5.11 Å². The zero-order valence-electron chi connectivity index (χ0n) is 20.8. The summed E-state index contributed by atoms with van der Waals surface area (Å²) < 4.78 is 0. The second-order valence-electron chi connectivity index (χ2n) is 9.38. The van der Waals surface area contributed by atoms with Crippen LogP contribution in [0.1, 0.15) is 65.9 Å². The first-order valence-electron chi connectivity index (χ1n) is 11.3. The van der Waals surface area contributed by atoms with Gasteiger partial charge in [0.1, 0.15) is 5.92 Å². The first-order valence-corrected chi connectivity index (χ1v) is 12.1. The van der Waals surface area contributed by atoms with E-state index in [0.717, 1.165) is 16.9 Å². The van der Waals surface area contributed by atoms with Crippen molar-refractivity contribution in [1.82, 2.24) is 10.7 Å². The Morgan fingerprint density at radius 3 is 2.28 bits per heavy atom. The minimum Gasteiger partial charge on any atom is -0.481 e. The van der Waals surface area contributed by atoms with E-state index in [1.807, 2.05) is 24.3 Å². The zero-order valence-corrected chi connectivity index (χ0v) is 21.6. The average Bonchev–Trinajstić information content (AvgIpc) is 3.41. The molecule has 3 amide bonds. The van der Waals surface area contributed by atoms with Crippen molar-refractivity contribution < 1.29 is 24.3 Å². The third-order valence-electron chi connectivity index (χ3n) is 5.54. The van der Waals surface area contributed by atoms with Crippen molar-refractivity contribution in [2.24, 2.45) is 16.1 Å². The highest BCUT2D eigenvalue weighted by molar-refractivity contribution is 7.15. The molecule has 190 valence electrons. The van der Waals surface area contributed by atoms with Crippen LogP contribution in [-0.4, -0.2) is 46.8 Å². The molecule has 0 aliphatic carbocycles. The number of amides is 3. The van der Waals surface area contributed by atoms with Crippen molar-refractivity contribution in [1.29, 1.82) is 0 Å². The molecule has 3 N–H and O–H groups in total. The summed E-state index contributed by atoms with van der Waals surface area (Å²) in [6.07, 6.45) is -0.194.